The number of hydrogen-bond acceptors (Lipinski definition) is 4. The molecule has 3 rings (SSSR count). The number of aromatic nitrogens is 1. The van der Waals surface area contributed by atoms with Gasteiger partial charge in [0.25, 0.3) is 0 Å². The zero-order valence-corrected chi connectivity index (χ0v) is 13.4. The van der Waals surface area contributed by atoms with Gasteiger partial charge in [0.05, 0.1) is 0 Å². The Hall–Kier alpha value is -1.13. The minimum absolute atomic E-state index is 0.751. The number of piperazine rings is 1. The molecule has 21 heavy (non-hydrogen) atoms. The first-order valence-electron chi connectivity index (χ1n) is 8.37. The second kappa shape index (κ2) is 6.75. The summed E-state index contributed by atoms with van der Waals surface area (Å²) in [5.41, 5.74) is 1.35. The Balaban J connectivity index is 1.58. The van der Waals surface area contributed by atoms with Crippen molar-refractivity contribution in [3.8, 4) is 0 Å². The summed E-state index contributed by atoms with van der Waals surface area (Å²) in [6, 6.07) is 5.03. The number of nitrogens with zero attached hydrogens (tertiary/aromatic N) is 3. The van der Waals surface area contributed by atoms with E-state index in [0.29, 0.717) is 0 Å². The van der Waals surface area contributed by atoms with Crippen molar-refractivity contribution in [1.29, 1.82) is 0 Å². The molecule has 0 amide bonds. The first-order chi connectivity index (χ1) is 10.2. The van der Waals surface area contributed by atoms with Crippen LogP contribution in [0.25, 0.3) is 0 Å². The third-order valence-corrected chi connectivity index (χ3v) is 4.32. The standard InChI is InChI=1S/C17H28N4/c1-14(2)13-20-8-10-21(11-9-20)17-15(4-3-7-18-17)12-19-16-5-6-16/h3-4,7,14,16,19H,5-6,8-13H2,1-2H3. The monoisotopic (exact) mass is 288 g/mol. The molecule has 4 heteroatoms. The van der Waals surface area contributed by atoms with E-state index >= 15 is 0 Å². The van der Waals surface area contributed by atoms with Crippen LogP contribution >= 0.6 is 0 Å². The van der Waals surface area contributed by atoms with Crippen LogP contribution in [0.1, 0.15) is 32.3 Å². The van der Waals surface area contributed by atoms with Crippen LogP contribution in [0.3, 0.4) is 0 Å². The maximum atomic E-state index is 4.65. The van der Waals surface area contributed by atoms with Crippen molar-refractivity contribution < 1.29 is 0 Å². The van der Waals surface area contributed by atoms with Crippen molar-refractivity contribution in [3.63, 3.8) is 0 Å². The molecule has 0 atom stereocenters. The maximum absolute atomic E-state index is 4.65. The molecule has 1 saturated heterocycles. The highest BCUT2D eigenvalue weighted by Gasteiger charge is 2.23. The van der Waals surface area contributed by atoms with Crippen molar-refractivity contribution in [2.24, 2.45) is 5.92 Å². The molecule has 4 nitrogen and oxygen atoms in total. The molecule has 2 aliphatic rings. The normalized spacial score (nSPS) is 20.2. The molecule has 1 aliphatic heterocycles. The van der Waals surface area contributed by atoms with Gasteiger partial charge in [-0.25, -0.2) is 4.98 Å². The molecule has 116 valence electrons. The van der Waals surface area contributed by atoms with Gasteiger partial charge >= 0.3 is 0 Å². The minimum atomic E-state index is 0.751. The largest absolute Gasteiger partial charge is 0.354 e. The van der Waals surface area contributed by atoms with Crippen molar-refractivity contribution in [3.05, 3.63) is 23.9 Å². The second-order valence-electron chi connectivity index (χ2n) is 6.82. The molecule has 2 heterocycles. The molecule has 2 fully saturated rings. The predicted molar refractivity (Wildman–Crippen MR) is 87.6 cm³/mol. The Morgan fingerprint density at radius 3 is 2.67 bits per heavy atom. The van der Waals surface area contributed by atoms with Crippen LogP contribution in [0.2, 0.25) is 0 Å². The van der Waals surface area contributed by atoms with E-state index in [2.05, 4.69) is 46.1 Å². The van der Waals surface area contributed by atoms with E-state index in [1.165, 1.54) is 30.8 Å². The molecule has 1 aromatic rings. The van der Waals surface area contributed by atoms with Crippen molar-refractivity contribution in [2.75, 3.05) is 37.6 Å². The van der Waals surface area contributed by atoms with Crippen LogP contribution in [-0.4, -0.2) is 48.6 Å². The van der Waals surface area contributed by atoms with E-state index in [1.54, 1.807) is 0 Å². The van der Waals surface area contributed by atoms with Crippen LogP contribution in [0.4, 0.5) is 5.82 Å². The highest BCUT2D eigenvalue weighted by Crippen LogP contribution is 2.23. The molecule has 1 aromatic heterocycles. The minimum Gasteiger partial charge on any atom is -0.354 e. The zero-order chi connectivity index (χ0) is 14.7. The Morgan fingerprint density at radius 1 is 1.24 bits per heavy atom. The number of nitrogens with one attached hydrogen (secondary N) is 1. The summed E-state index contributed by atoms with van der Waals surface area (Å²) in [5.74, 6) is 1.94. The number of hydrogen-bond donors (Lipinski definition) is 1. The lowest BCUT2D eigenvalue weighted by Gasteiger charge is -2.37. The molecule has 0 bridgehead atoms. The van der Waals surface area contributed by atoms with Crippen molar-refractivity contribution in [1.82, 2.24) is 15.2 Å². The zero-order valence-electron chi connectivity index (χ0n) is 13.4. The summed E-state index contributed by atoms with van der Waals surface area (Å²) in [4.78, 5) is 9.69. The molecule has 1 saturated carbocycles. The van der Waals surface area contributed by atoms with Gasteiger partial charge in [-0.05, 0) is 24.8 Å². The van der Waals surface area contributed by atoms with Gasteiger partial charge in [0.1, 0.15) is 5.82 Å². The summed E-state index contributed by atoms with van der Waals surface area (Å²) in [6.45, 7) is 11.3. The van der Waals surface area contributed by atoms with Gasteiger partial charge in [-0.2, -0.15) is 0 Å². The Kier molecular flexibility index (Phi) is 4.76. The highest BCUT2D eigenvalue weighted by molar-refractivity contribution is 5.47. The van der Waals surface area contributed by atoms with E-state index in [0.717, 1.165) is 44.7 Å². The first-order valence-corrected chi connectivity index (χ1v) is 8.37. The lowest BCUT2D eigenvalue weighted by atomic mass is 10.1. The van der Waals surface area contributed by atoms with Gasteiger partial charge in [0, 0.05) is 57.1 Å². The smallest absolute Gasteiger partial charge is 0.133 e. The average Bonchev–Trinajstić information content (AvgIpc) is 3.30. The summed E-state index contributed by atoms with van der Waals surface area (Å²) >= 11 is 0. The van der Waals surface area contributed by atoms with E-state index in [9.17, 15) is 0 Å². The molecule has 1 aliphatic carbocycles. The van der Waals surface area contributed by atoms with Gasteiger partial charge in [0.15, 0.2) is 0 Å². The SMILES string of the molecule is CC(C)CN1CCN(c2ncccc2CNC2CC2)CC1. The third-order valence-electron chi connectivity index (χ3n) is 4.32. The molecule has 0 unspecified atom stereocenters. The summed E-state index contributed by atoms with van der Waals surface area (Å²) in [5, 5.41) is 3.61. The van der Waals surface area contributed by atoms with Crippen LogP contribution in [0.15, 0.2) is 18.3 Å². The highest BCUT2D eigenvalue weighted by atomic mass is 15.3. The average molecular weight is 288 g/mol. The Labute approximate surface area is 128 Å². The van der Waals surface area contributed by atoms with E-state index in [4.69, 9.17) is 0 Å². The summed E-state index contributed by atoms with van der Waals surface area (Å²) in [6.07, 6.45) is 4.60. The predicted octanol–water partition coefficient (Wildman–Crippen LogP) is 2.11. The molecule has 0 radical (unpaired) electrons. The summed E-state index contributed by atoms with van der Waals surface area (Å²) in [7, 11) is 0. The molecule has 1 N–H and O–H groups in total. The quantitative estimate of drug-likeness (QED) is 0.869. The first kappa shape index (κ1) is 14.8. The van der Waals surface area contributed by atoms with Crippen LogP contribution in [0.5, 0.6) is 0 Å². The van der Waals surface area contributed by atoms with Gasteiger partial charge in [-0.15, -0.1) is 0 Å². The van der Waals surface area contributed by atoms with Crippen LogP contribution in [-0.2, 0) is 6.54 Å². The fourth-order valence-electron chi connectivity index (χ4n) is 3.05. The van der Waals surface area contributed by atoms with Crippen LogP contribution < -0.4 is 10.2 Å². The van der Waals surface area contributed by atoms with Crippen molar-refractivity contribution >= 4 is 5.82 Å². The van der Waals surface area contributed by atoms with Gasteiger partial charge < -0.3 is 10.2 Å². The van der Waals surface area contributed by atoms with E-state index < -0.39 is 0 Å². The lowest BCUT2D eigenvalue weighted by Crippen LogP contribution is -2.48. The lowest BCUT2D eigenvalue weighted by molar-refractivity contribution is 0.230. The van der Waals surface area contributed by atoms with E-state index in [-0.39, 0.29) is 0 Å². The Bertz CT molecular complexity index is 448. The fourth-order valence-corrected chi connectivity index (χ4v) is 3.05. The molecule has 0 spiro atoms. The number of anilines is 1. The number of pyridine rings is 1. The summed E-state index contributed by atoms with van der Waals surface area (Å²) < 4.78 is 0. The number of rotatable bonds is 6. The van der Waals surface area contributed by atoms with E-state index in [1.807, 2.05) is 6.20 Å². The molecular formula is C17H28N4. The fraction of sp³-hybridized carbons (Fsp3) is 0.706. The Morgan fingerprint density at radius 2 is 2.00 bits per heavy atom. The van der Waals surface area contributed by atoms with Gasteiger partial charge in [-0.1, -0.05) is 19.9 Å². The third kappa shape index (κ3) is 4.17. The van der Waals surface area contributed by atoms with Crippen molar-refractivity contribution in [2.45, 2.75) is 39.3 Å². The van der Waals surface area contributed by atoms with Crippen LogP contribution in [0, 0.1) is 5.92 Å². The molecular weight excluding hydrogens is 260 g/mol. The molecule has 0 aromatic carbocycles. The van der Waals surface area contributed by atoms with Gasteiger partial charge in [0.2, 0.25) is 0 Å². The second-order valence-corrected chi connectivity index (χ2v) is 6.82. The topological polar surface area (TPSA) is 31.4 Å². The maximum Gasteiger partial charge on any atom is 0.133 e. The van der Waals surface area contributed by atoms with Gasteiger partial charge in [-0.3, -0.25) is 4.90 Å².